The van der Waals surface area contributed by atoms with E-state index in [9.17, 15) is 14.2 Å². The van der Waals surface area contributed by atoms with Crippen molar-refractivity contribution in [3.05, 3.63) is 36.5 Å². The van der Waals surface area contributed by atoms with Crippen LogP contribution in [0.1, 0.15) is 194 Å². The Kier molecular flexibility index (Phi) is 35.8. The van der Waals surface area contributed by atoms with Crippen LogP contribution in [0.3, 0.4) is 0 Å². The quantitative estimate of drug-likeness (QED) is 0.0162. The molecule has 0 aromatic carbocycles. The number of allylic oxidation sites excluding steroid dienone is 5. The van der Waals surface area contributed by atoms with Gasteiger partial charge in [-0.15, -0.1) is 0 Å². The fourth-order valence-corrected chi connectivity index (χ4v) is 6.05. The molecule has 0 saturated carbocycles. The molecule has 292 valence electrons. The third kappa shape index (κ3) is 39.1. The van der Waals surface area contributed by atoms with E-state index in [0.717, 1.165) is 38.5 Å². The second-order valence-corrected chi connectivity index (χ2v) is 14.9. The zero-order valence-electron chi connectivity index (χ0n) is 32.0. The van der Waals surface area contributed by atoms with Crippen molar-refractivity contribution < 1.29 is 37.9 Å². The number of esters is 2. The summed E-state index contributed by atoms with van der Waals surface area (Å²) < 4.78 is 26.2. The Bertz CT molecular complexity index is 910. The molecular formula is C41H75O8P. The topological polar surface area (TPSA) is 119 Å². The molecule has 0 spiro atoms. The minimum atomic E-state index is -4.77. The van der Waals surface area contributed by atoms with Crippen molar-refractivity contribution >= 4 is 19.8 Å². The molecule has 0 bridgehead atoms. The molecule has 9 heteroatoms. The highest BCUT2D eigenvalue weighted by Crippen LogP contribution is 2.36. The molecule has 0 fully saturated rings. The molecule has 0 rings (SSSR count). The van der Waals surface area contributed by atoms with E-state index in [-0.39, 0.29) is 13.0 Å². The first-order valence-corrected chi connectivity index (χ1v) is 21.9. The highest BCUT2D eigenvalue weighted by Gasteiger charge is 2.22. The van der Waals surface area contributed by atoms with Crippen molar-refractivity contribution in [2.75, 3.05) is 13.2 Å². The minimum absolute atomic E-state index is 0.188. The van der Waals surface area contributed by atoms with Gasteiger partial charge in [0.15, 0.2) is 6.10 Å². The van der Waals surface area contributed by atoms with Gasteiger partial charge in [-0.25, -0.2) is 9.36 Å². The molecule has 1 atom stereocenters. The van der Waals surface area contributed by atoms with Gasteiger partial charge in [-0.05, 0) is 44.9 Å². The van der Waals surface area contributed by atoms with E-state index in [0.29, 0.717) is 6.42 Å². The maximum Gasteiger partial charge on any atom is 0.469 e. The Labute approximate surface area is 306 Å². The Hall–Kier alpha value is -1.73. The molecule has 0 heterocycles. The molecule has 8 nitrogen and oxygen atoms in total. The number of phosphoric ester groups is 1. The van der Waals surface area contributed by atoms with Crippen LogP contribution < -0.4 is 0 Å². The SMILES string of the molecule is CCCCCCCC/C=C/CCCCCCCCCC(=O)O[C@H](COC(=O)/C=C/C=C/CCCCCCCCCCCCC)COP(=O)(O)O. The van der Waals surface area contributed by atoms with Gasteiger partial charge in [0.2, 0.25) is 0 Å². The van der Waals surface area contributed by atoms with Crippen molar-refractivity contribution in [2.45, 2.75) is 200 Å². The lowest BCUT2D eigenvalue weighted by molar-refractivity contribution is -0.159. The van der Waals surface area contributed by atoms with Gasteiger partial charge in [-0.3, -0.25) is 9.32 Å². The Morgan fingerprint density at radius 3 is 1.44 bits per heavy atom. The molecular weight excluding hydrogens is 651 g/mol. The maximum atomic E-state index is 12.4. The van der Waals surface area contributed by atoms with E-state index in [1.807, 2.05) is 12.2 Å². The van der Waals surface area contributed by atoms with Crippen LogP contribution in [-0.2, 0) is 28.2 Å². The summed E-state index contributed by atoms with van der Waals surface area (Å²) in [5, 5.41) is 0. The number of rotatable bonds is 37. The van der Waals surface area contributed by atoms with Crippen LogP contribution in [-0.4, -0.2) is 41.0 Å². The lowest BCUT2D eigenvalue weighted by atomic mass is 10.1. The standard InChI is InChI=1S/C41H75O8P/c1-3-5-7-9-11-13-15-17-19-20-22-24-26-28-30-32-34-36-41(43)49-39(38-48-50(44,45)46)37-47-40(42)35-33-31-29-27-25-23-21-18-16-14-12-10-8-6-4-2/h17,19,29,31,33,35,39H,3-16,18,20-28,30,32,34,36-38H2,1-2H3,(H2,44,45,46)/b19-17+,31-29+,35-33+/t39-/m1/s1. The van der Waals surface area contributed by atoms with Crippen LogP contribution in [0.4, 0.5) is 0 Å². The second-order valence-electron chi connectivity index (χ2n) is 13.7. The molecule has 0 aromatic rings. The molecule has 0 unspecified atom stereocenters. The van der Waals surface area contributed by atoms with Crippen LogP contribution in [0.15, 0.2) is 36.5 Å². The monoisotopic (exact) mass is 727 g/mol. The molecule has 0 aliphatic carbocycles. The summed E-state index contributed by atoms with van der Waals surface area (Å²) in [6.45, 7) is 3.57. The average molecular weight is 727 g/mol. The van der Waals surface area contributed by atoms with Crippen LogP contribution >= 0.6 is 7.82 Å². The Balaban J connectivity index is 4.02. The van der Waals surface area contributed by atoms with Crippen molar-refractivity contribution in [1.82, 2.24) is 0 Å². The first-order chi connectivity index (χ1) is 24.3. The number of carbonyl (C=O) groups is 2. The average Bonchev–Trinajstić information content (AvgIpc) is 3.08. The number of phosphoric acid groups is 1. The lowest BCUT2D eigenvalue weighted by Crippen LogP contribution is -2.29. The first kappa shape index (κ1) is 48.3. The molecule has 2 N–H and O–H groups in total. The van der Waals surface area contributed by atoms with Crippen LogP contribution in [0.25, 0.3) is 0 Å². The van der Waals surface area contributed by atoms with Gasteiger partial charge in [0.05, 0.1) is 6.61 Å². The van der Waals surface area contributed by atoms with E-state index < -0.39 is 32.5 Å². The fraction of sp³-hybridized carbons (Fsp3) is 0.805. The van der Waals surface area contributed by atoms with Crippen molar-refractivity contribution in [1.29, 1.82) is 0 Å². The van der Waals surface area contributed by atoms with E-state index in [1.165, 1.54) is 134 Å². The van der Waals surface area contributed by atoms with Gasteiger partial charge in [-0.2, -0.15) is 0 Å². The summed E-state index contributed by atoms with van der Waals surface area (Å²) in [4.78, 5) is 42.6. The van der Waals surface area contributed by atoms with Crippen molar-refractivity contribution in [3.63, 3.8) is 0 Å². The van der Waals surface area contributed by atoms with Crippen LogP contribution in [0.5, 0.6) is 0 Å². The maximum absolute atomic E-state index is 12.4. The third-order valence-electron chi connectivity index (χ3n) is 8.73. The lowest BCUT2D eigenvalue weighted by Gasteiger charge is -2.18. The third-order valence-corrected chi connectivity index (χ3v) is 9.22. The molecule has 0 amide bonds. The largest absolute Gasteiger partial charge is 0.469 e. The normalized spacial score (nSPS) is 12.8. The van der Waals surface area contributed by atoms with E-state index >= 15 is 0 Å². The molecule has 0 aromatic heterocycles. The van der Waals surface area contributed by atoms with E-state index in [1.54, 1.807) is 6.08 Å². The molecule has 50 heavy (non-hydrogen) atoms. The van der Waals surface area contributed by atoms with Gasteiger partial charge in [0, 0.05) is 12.5 Å². The van der Waals surface area contributed by atoms with Gasteiger partial charge in [0.25, 0.3) is 0 Å². The van der Waals surface area contributed by atoms with E-state index in [2.05, 4.69) is 30.5 Å². The van der Waals surface area contributed by atoms with Crippen LogP contribution in [0.2, 0.25) is 0 Å². The summed E-state index contributed by atoms with van der Waals surface area (Å²) in [5.74, 6) is -1.14. The van der Waals surface area contributed by atoms with Gasteiger partial charge in [-0.1, -0.05) is 173 Å². The number of hydrogen-bond acceptors (Lipinski definition) is 6. The first-order valence-electron chi connectivity index (χ1n) is 20.3. The predicted octanol–water partition coefficient (Wildman–Crippen LogP) is 12.2. The summed E-state index contributed by atoms with van der Waals surface area (Å²) in [7, 11) is -4.77. The smallest absolute Gasteiger partial charge is 0.458 e. The number of hydrogen-bond donors (Lipinski definition) is 2. The van der Waals surface area contributed by atoms with E-state index in [4.69, 9.17) is 19.3 Å². The zero-order chi connectivity index (χ0) is 36.8. The molecule has 0 saturated heterocycles. The summed E-state index contributed by atoms with van der Waals surface area (Å²) in [5.41, 5.74) is 0. The number of carbonyl (C=O) groups excluding carboxylic acids is 2. The minimum Gasteiger partial charge on any atom is -0.458 e. The molecule has 0 aliphatic heterocycles. The van der Waals surface area contributed by atoms with Gasteiger partial charge < -0.3 is 19.3 Å². The second kappa shape index (κ2) is 37.0. The number of ether oxygens (including phenoxy) is 2. The molecule has 0 radical (unpaired) electrons. The van der Waals surface area contributed by atoms with Crippen molar-refractivity contribution in [3.8, 4) is 0 Å². The highest BCUT2D eigenvalue weighted by molar-refractivity contribution is 7.46. The van der Waals surface area contributed by atoms with Crippen LogP contribution in [0, 0.1) is 0 Å². The van der Waals surface area contributed by atoms with Gasteiger partial charge >= 0.3 is 19.8 Å². The summed E-state index contributed by atoms with van der Waals surface area (Å²) >= 11 is 0. The zero-order valence-corrected chi connectivity index (χ0v) is 32.9. The summed E-state index contributed by atoms with van der Waals surface area (Å²) in [6.07, 6.45) is 43.5. The highest BCUT2D eigenvalue weighted by atomic mass is 31.2. The van der Waals surface area contributed by atoms with Crippen molar-refractivity contribution in [2.24, 2.45) is 0 Å². The summed E-state index contributed by atoms with van der Waals surface area (Å²) in [6, 6.07) is 0. The Morgan fingerprint density at radius 1 is 0.560 bits per heavy atom. The van der Waals surface area contributed by atoms with Gasteiger partial charge in [0.1, 0.15) is 6.61 Å². The Morgan fingerprint density at radius 2 is 0.980 bits per heavy atom. The fourth-order valence-electron chi connectivity index (χ4n) is 5.69. The number of unbranched alkanes of at least 4 members (excludes halogenated alkanes) is 24. The molecule has 0 aliphatic rings. The predicted molar refractivity (Wildman–Crippen MR) is 207 cm³/mol.